The van der Waals surface area contributed by atoms with Crippen molar-refractivity contribution in [1.29, 1.82) is 0 Å². The SMILES string of the molecule is CCN(CC)CCN1C(=O)C(O)=C(C(=O)C(C)(C)C)C1c1cc(OC)c(OC)c(OC)c1. The molecule has 0 saturated carbocycles. The molecule has 0 aliphatic carbocycles. The fourth-order valence-electron chi connectivity index (χ4n) is 3.92. The molecule has 0 radical (unpaired) electrons. The Morgan fingerprint density at radius 2 is 1.59 bits per heavy atom. The number of nitrogens with zero attached hydrogens (tertiary/aromatic N) is 2. The average molecular weight is 449 g/mol. The number of rotatable bonds is 10. The molecular weight excluding hydrogens is 412 g/mol. The highest BCUT2D eigenvalue weighted by Gasteiger charge is 2.46. The first kappa shape index (κ1) is 25.5. The molecule has 1 aromatic rings. The van der Waals surface area contributed by atoms with Gasteiger partial charge in [-0.1, -0.05) is 34.6 Å². The molecule has 1 unspecified atom stereocenters. The molecular formula is C24H36N2O6. The standard InChI is InChI=1S/C24H36N2O6/c1-9-25(10-2)11-12-26-19(18(20(27)23(26)29)22(28)24(3,4)5)15-13-16(30-6)21(32-8)17(14-15)31-7/h13-14,19,27H,9-12H2,1-8H3. The van der Waals surface area contributed by atoms with E-state index in [1.807, 2.05) is 0 Å². The maximum atomic E-state index is 13.3. The summed E-state index contributed by atoms with van der Waals surface area (Å²) >= 11 is 0. The van der Waals surface area contributed by atoms with Crippen molar-refractivity contribution < 1.29 is 28.9 Å². The van der Waals surface area contributed by atoms with Crippen LogP contribution in [0.5, 0.6) is 17.2 Å². The molecule has 8 nitrogen and oxygen atoms in total. The molecule has 0 aromatic heterocycles. The molecule has 178 valence electrons. The van der Waals surface area contributed by atoms with Crippen LogP contribution in [0, 0.1) is 5.41 Å². The van der Waals surface area contributed by atoms with Crippen LogP contribution in [0.3, 0.4) is 0 Å². The van der Waals surface area contributed by atoms with Crippen LogP contribution in [-0.4, -0.2) is 74.1 Å². The molecule has 1 amide bonds. The molecule has 0 spiro atoms. The highest BCUT2D eigenvalue weighted by molar-refractivity contribution is 6.10. The minimum absolute atomic E-state index is 0.0938. The van der Waals surface area contributed by atoms with Gasteiger partial charge < -0.3 is 29.1 Å². The summed E-state index contributed by atoms with van der Waals surface area (Å²) in [4.78, 5) is 30.2. The van der Waals surface area contributed by atoms with E-state index >= 15 is 0 Å². The van der Waals surface area contributed by atoms with Gasteiger partial charge in [0.25, 0.3) is 5.91 Å². The number of carbonyl (C=O) groups excluding carboxylic acids is 2. The van der Waals surface area contributed by atoms with Crippen molar-refractivity contribution in [1.82, 2.24) is 9.80 Å². The Hall–Kier alpha value is -2.74. The molecule has 1 heterocycles. The van der Waals surface area contributed by atoms with Gasteiger partial charge >= 0.3 is 0 Å². The Morgan fingerprint density at radius 1 is 1.06 bits per heavy atom. The van der Waals surface area contributed by atoms with E-state index in [1.165, 1.54) is 21.3 Å². The van der Waals surface area contributed by atoms with E-state index in [9.17, 15) is 14.7 Å². The number of hydrogen-bond acceptors (Lipinski definition) is 7. The number of benzene rings is 1. The number of aliphatic hydroxyl groups excluding tert-OH is 1. The molecule has 1 N–H and O–H groups in total. The number of carbonyl (C=O) groups is 2. The van der Waals surface area contributed by atoms with Gasteiger partial charge in [-0.05, 0) is 30.8 Å². The molecule has 0 fully saturated rings. The predicted octanol–water partition coefficient (Wildman–Crippen LogP) is 3.36. The summed E-state index contributed by atoms with van der Waals surface area (Å²) in [7, 11) is 4.52. The Morgan fingerprint density at radius 3 is 2.00 bits per heavy atom. The molecule has 2 rings (SSSR count). The van der Waals surface area contributed by atoms with Gasteiger partial charge in [0.2, 0.25) is 5.75 Å². The second-order valence-electron chi connectivity index (χ2n) is 8.73. The summed E-state index contributed by atoms with van der Waals surface area (Å²) in [6, 6.07) is 2.68. The number of amides is 1. The van der Waals surface area contributed by atoms with Crippen LogP contribution in [0.2, 0.25) is 0 Å². The first-order valence-electron chi connectivity index (χ1n) is 10.9. The molecule has 1 aromatic carbocycles. The van der Waals surface area contributed by atoms with E-state index in [-0.39, 0.29) is 11.4 Å². The minimum Gasteiger partial charge on any atom is -0.503 e. The number of ketones is 1. The van der Waals surface area contributed by atoms with Crippen molar-refractivity contribution in [3.05, 3.63) is 29.0 Å². The Bertz CT molecular complexity index is 858. The zero-order chi connectivity index (χ0) is 24.2. The van der Waals surface area contributed by atoms with Crippen LogP contribution in [0.15, 0.2) is 23.5 Å². The lowest BCUT2D eigenvalue weighted by molar-refractivity contribution is -0.129. The number of aliphatic hydroxyl groups is 1. The monoisotopic (exact) mass is 448 g/mol. The van der Waals surface area contributed by atoms with E-state index in [0.29, 0.717) is 35.9 Å². The molecule has 1 aliphatic rings. The summed E-state index contributed by atoms with van der Waals surface area (Å²) in [6.45, 7) is 12.0. The van der Waals surface area contributed by atoms with Gasteiger partial charge in [0, 0.05) is 18.5 Å². The van der Waals surface area contributed by atoms with Crippen molar-refractivity contribution in [3.8, 4) is 17.2 Å². The normalized spacial score (nSPS) is 16.7. The third-order valence-corrected chi connectivity index (χ3v) is 5.78. The lowest BCUT2D eigenvalue weighted by Gasteiger charge is -2.31. The Kier molecular flexibility index (Phi) is 8.18. The summed E-state index contributed by atoms with van der Waals surface area (Å²) in [6.07, 6.45) is 0. The van der Waals surface area contributed by atoms with Crippen molar-refractivity contribution >= 4 is 11.7 Å². The third-order valence-electron chi connectivity index (χ3n) is 5.78. The molecule has 1 aliphatic heterocycles. The fourth-order valence-corrected chi connectivity index (χ4v) is 3.92. The van der Waals surface area contributed by atoms with Crippen LogP contribution in [0.1, 0.15) is 46.2 Å². The summed E-state index contributed by atoms with van der Waals surface area (Å²) in [5.74, 6) is -0.104. The first-order valence-corrected chi connectivity index (χ1v) is 10.9. The predicted molar refractivity (Wildman–Crippen MR) is 122 cm³/mol. The number of likely N-dealkylation sites (N-methyl/N-ethyl adjacent to an activating group) is 1. The number of ether oxygens (including phenoxy) is 3. The Labute approximate surface area is 190 Å². The molecule has 0 bridgehead atoms. The van der Waals surface area contributed by atoms with Gasteiger partial charge in [0.05, 0.1) is 32.9 Å². The van der Waals surface area contributed by atoms with E-state index < -0.39 is 23.1 Å². The first-order chi connectivity index (χ1) is 15.0. The van der Waals surface area contributed by atoms with Gasteiger partial charge in [-0.15, -0.1) is 0 Å². The third kappa shape index (κ3) is 4.85. The van der Waals surface area contributed by atoms with Gasteiger partial charge in [-0.2, -0.15) is 0 Å². The fraction of sp³-hybridized carbons (Fsp3) is 0.583. The zero-order valence-corrected chi connectivity index (χ0v) is 20.4. The Balaban J connectivity index is 2.66. The maximum absolute atomic E-state index is 13.3. The van der Waals surface area contributed by atoms with Crippen LogP contribution < -0.4 is 14.2 Å². The van der Waals surface area contributed by atoms with Crippen molar-refractivity contribution in [2.75, 3.05) is 47.5 Å². The van der Waals surface area contributed by atoms with E-state index in [0.717, 1.165) is 13.1 Å². The van der Waals surface area contributed by atoms with Crippen molar-refractivity contribution in [2.45, 2.75) is 40.7 Å². The van der Waals surface area contributed by atoms with Gasteiger partial charge in [0.1, 0.15) is 0 Å². The van der Waals surface area contributed by atoms with Crippen LogP contribution in [0.4, 0.5) is 0 Å². The lowest BCUT2D eigenvalue weighted by atomic mass is 9.82. The van der Waals surface area contributed by atoms with E-state index in [4.69, 9.17) is 14.2 Å². The van der Waals surface area contributed by atoms with Crippen LogP contribution in [-0.2, 0) is 9.59 Å². The highest BCUT2D eigenvalue weighted by atomic mass is 16.5. The zero-order valence-electron chi connectivity index (χ0n) is 20.4. The summed E-state index contributed by atoms with van der Waals surface area (Å²) in [5, 5.41) is 10.8. The summed E-state index contributed by atoms with van der Waals surface area (Å²) < 4.78 is 16.4. The second-order valence-corrected chi connectivity index (χ2v) is 8.73. The second kappa shape index (κ2) is 10.3. The maximum Gasteiger partial charge on any atom is 0.290 e. The lowest BCUT2D eigenvalue weighted by Crippen LogP contribution is -2.39. The van der Waals surface area contributed by atoms with Gasteiger partial charge in [-0.25, -0.2) is 0 Å². The largest absolute Gasteiger partial charge is 0.503 e. The number of Topliss-reactive ketones (excluding diaryl/α,β-unsaturated/α-hetero) is 1. The van der Waals surface area contributed by atoms with Gasteiger partial charge in [-0.3, -0.25) is 9.59 Å². The summed E-state index contributed by atoms with van der Waals surface area (Å²) in [5.41, 5.74) is -0.0856. The van der Waals surface area contributed by atoms with Crippen LogP contribution >= 0.6 is 0 Å². The van der Waals surface area contributed by atoms with E-state index in [1.54, 1.807) is 37.8 Å². The van der Waals surface area contributed by atoms with Crippen LogP contribution in [0.25, 0.3) is 0 Å². The van der Waals surface area contributed by atoms with E-state index in [2.05, 4.69) is 18.7 Å². The molecule has 1 atom stereocenters. The van der Waals surface area contributed by atoms with Crippen molar-refractivity contribution in [3.63, 3.8) is 0 Å². The highest BCUT2D eigenvalue weighted by Crippen LogP contribution is 2.46. The quantitative estimate of drug-likeness (QED) is 0.587. The smallest absolute Gasteiger partial charge is 0.290 e. The number of hydrogen-bond donors (Lipinski definition) is 1. The average Bonchev–Trinajstić information content (AvgIpc) is 3.02. The molecule has 8 heteroatoms. The minimum atomic E-state index is -0.780. The van der Waals surface area contributed by atoms with Gasteiger partial charge in [0.15, 0.2) is 23.0 Å². The number of methoxy groups -OCH3 is 3. The molecule has 32 heavy (non-hydrogen) atoms. The molecule has 0 saturated heterocycles. The van der Waals surface area contributed by atoms with Crippen molar-refractivity contribution in [2.24, 2.45) is 5.41 Å². The topological polar surface area (TPSA) is 88.5 Å².